The van der Waals surface area contributed by atoms with Gasteiger partial charge in [0.05, 0.1) is 6.61 Å². The van der Waals surface area contributed by atoms with Crippen molar-refractivity contribution < 1.29 is 9.53 Å². The van der Waals surface area contributed by atoms with Crippen molar-refractivity contribution in [2.45, 2.75) is 37.8 Å². The predicted molar refractivity (Wildman–Crippen MR) is 69.2 cm³/mol. The Balaban J connectivity index is 1.59. The molecule has 1 aliphatic carbocycles. The van der Waals surface area contributed by atoms with Gasteiger partial charge < -0.3 is 10.1 Å². The Bertz CT molecular complexity index is 410. The standard InChI is InChI=1S/C15H19NO2/c17-15(14-8-9-18-14)16-13(12-6-7-12)10-11-4-2-1-3-5-11/h1-5,12-14H,6-10H2,(H,16,17)/t13-,14-/m0/s1. The number of hydrogen-bond donors (Lipinski definition) is 1. The Hall–Kier alpha value is -1.35. The Morgan fingerprint density at radius 3 is 2.56 bits per heavy atom. The van der Waals surface area contributed by atoms with Crippen LogP contribution in [0.15, 0.2) is 30.3 Å². The number of nitrogens with one attached hydrogen (secondary N) is 1. The van der Waals surface area contributed by atoms with Gasteiger partial charge in [-0.25, -0.2) is 0 Å². The van der Waals surface area contributed by atoms with E-state index in [4.69, 9.17) is 4.74 Å². The molecule has 1 aliphatic heterocycles. The number of rotatable bonds is 5. The van der Waals surface area contributed by atoms with Crippen LogP contribution in [-0.2, 0) is 16.0 Å². The van der Waals surface area contributed by atoms with E-state index < -0.39 is 0 Å². The Morgan fingerprint density at radius 2 is 2.00 bits per heavy atom. The van der Waals surface area contributed by atoms with Crippen LogP contribution in [0.5, 0.6) is 0 Å². The molecule has 2 fully saturated rings. The van der Waals surface area contributed by atoms with Crippen LogP contribution in [0, 0.1) is 5.92 Å². The normalized spacial score (nSPS) is 24.1. The summed E-state index contributed by atoms with van der Waals surface area (Å²) in [6, 6.07) is 10.7. The van der Waals surface area contributed by atoms with Crippen molar-refractivity contribution in [2.24, 2.45) is 5.92 Å². The molecule has 3 nitrogen and oxygen atoms in total. The lowest BCUT2D eigenvalue weighted by molar-refractivity contribution is -0.145. The Labute approximate surface area is 108 Å². The SMILES string of the molecule is O=C(N[C@@H](Cc1ccccc1)C1CC1)[C@@H]1CCO1. The summed E-state index contributed by atoms with van der Waals surface area (Å²) in [7, 11) is 0. The highest BCUT2D eigenvalue weighted by Gasteiger charge is 2.35. The molecule has 3 heteroatoms. The molecule has 2 atom stereocenters. The van der Waals surface area contributed by atoms with Crippen LogP contribution in [0.25, 0.3) is 0 Å². The van der Waals surface area contributed by atoms with Crippen LogP contribution in [0.3, 0.4) is 0 Å². The van der Waals surface area contributed by atoms with E-state index >= 15 is 0 Å². The molecular weight excluding hydrogens is 226 g/mol. The summed E-state index contributed by atoms with van der Waals surface area (Å²) in [6.45, 7) is 0.727. The van der Waals surface area contributed by atoms with Gasteiger partial charge in [0.25, 0.3) is 0 Å². The van der Waals surface area contributed by atoms with Crippen LogP contribution in [0.4, 0.5) is 0 Å². The number of ether oxygens (including phenoxy) is 1. The average Bonchev–Trinajstić information content (AvgIpc) is 3.11. The van der Waals surface area contributed by atoms with Gasteiger partial charge in [0.2, 0.25) is 5.91 Å². The maximum atomic E-state index is 11.9. The molecule has 2 aliphatic rings. The third kappa shape index (κ3) is 2.72. The summed E-state index contributed by atoms with van der Waals surface area (Å²) >= 11 is 0. The number of benzene rings is 1. The lowest BCUT2D eigenvalue weighted by atomic mass is 10.0. The molecule has 1 amide bonds. The van der Waals surface area contributed by atoms with Gasteiger partial charge in [-0.15, -0.1) is 0 Å². The molecule has 0 bridgehead atoms. The monoisotopic (exact) mass is 245 g/mol. The fourth-order valence-corrected chi connectivity index (χ4v) is 2.42. The molecule has 96 valence electrons. The third-order valence-corrected chi connectivity index (χ3v) is 3.81. The molecule has 3 rings (SSSR count). The van der Waals surface area contributed by atoms with Crippen molar-refractivity contribution in [1.29, 1.82) is 0 Å². The highest BCUT2D eigenvalue weighted by atomic mass is 16.5. The summed E-state index contributed by atoms with van der Waals surface area (Å²) in [4.78, 5) is 11.9. The minimum absolute atomic E-state index is 0.0779. The number of carbonyl (C=O) groups is 1. The van der Waals surface area contributed by atoms with Crippen molar-refractivity contribution in [2.75, 3.05) is 6.61 Å². The van der Waals surface area contributed by atoms with E-state index in [1.54, 1.807) is 0 Å². The van der Waals surface area contributed by atoms with Gasteiger partial charge >= 0.3 is 0 Å². The van der Waals surface area contributed by atoms with Crippen molar-refractivity contribution in [3.8, 4) is 0 Å². The van der Waals surface area contributed by atoms with Gasteiger partial charge in [-0.05, 0) is 30.7 Å². The number of hydrogen-bond acceptors (Lipinski definition) is 2. The maximum Gasteiger partial charge on any atom is 0.249 e. The molecule has 18 heavy (non-hydrogen) atoms. The fourth-order valence-electron chi connectivity index (χ4n) is 2.42. The molecule has 0 aromatic heterocycles. The summed E-state index contributed by atoms with van der Waals surface area (Å²) < 4.78 is 5.23. The minimum Gasteiger partial charge on any atom is -0.368 e. The highest BCUT2D eigenvalue weighted by Crippen LogP contribution is 2.34. The van der Waals surface area contributed by atoms with Crippen molar-refractivity contribution >= 4 is 5.91 Å². The van der Waals surface area contributed by atoms with Crippen LogP contribution in [0.2, 0.25) is 0 Å². The van der Waals surface area contributed by atoms with E-state index in [0.29, 0.717) is 5.92 Å². The van der Waals surface area contributed by atoms with Gasteiger partial charge in [-0.1, -0.05) is 30.3 Å². The summed E-state index contributed by atoms with van der Waals surface area (Å²) in [5, 5.41) is 3.17. The van der Waals surface area contributed by atoms with Crippen LogP contribution >= 0.6 is 0 Å². The summed E-state index contributed by atoms with van der Waals surface area (Å²) in [6.07, 6.45) is 4.09. The zero-order valence-corrected chi connectivity index (χ0v) is 10.5. The van der Waals surface area contributed by atoms with Gasteiger partial charge in [0, 0.05) is 12.5 Å². The van der Waals surface area contributed by atoms with E-state index in [2.05, 4.69) is 29.6 Å². The van der Waals surface area contributed by atoms with E-state index in [1.807, 2.05) is 6.07 Å². The molecule has 1 saturated carbocycles. The number of carbonyl (C=O) groups excluding carboxylic acids is 1. The van der Waals surface area contributed by atoms with Gasteiger partial charge in [0.1, 0.15) is 6.10 Å². The quantitative estimate of drug-likeness (QED) is 0.860. The Morgan fingerprint density at radius 1 is 1.28 bits per heavy atom. The highest BCUT2D eigenvalue weighted by molar-refractivity contribution is 5.81. The first-order valence-corrected chi connectivity index (χ1v) is 6.79. The molecular formula is C15H19NO2. The molecule has 1 aromatic rings. The van der Waals surface area contributed by atoms with E-state index in [0.717, 1.165) is 19.4 Å². The second-order valence-electron chi connectivity index (χ2n) is 5.29. The lowest BCUT2D eigenvalue weighted by Gasteiger charge is -2.28. The first kappa shape index (κ1) is 11.7. The molecule has 0 unspecified atom stereocenters. The summed E-state index contributed by atoms with van der Waals surface area (Å²) in [5.74, 6) is 0.739. The van der Waals surface area contributed by atoms with Gasteiger partial charge in [0.15, 0.2) is 0 Å². The molecule has 1 aromatic carbocycles. The second kappa shape index (κ2) is 5.11. The van der Waals surface area contributed by atoms with Crippen LogP contribution < -0.4 is 5.32 Å². The zero-order valence-electron chi connectivity index (χ0n) is 10.5. The van der Waals surface area contributed by atoms with E-state index in [9.17, 15) is 4.79 Å². The topological polar surface area (TPSA) is 38.3 Å². The third-order valence-electron chi connectivity index (χ3n) is 3.81. The minimum atomic E-state index is -0.193. The average molecular weight is 245 g/mol. The molecule has 0 radical (unpaired) electrons. The van der Waals surface area contributed by atoms with E-state index in [-0.39, 0.29) is 18.1 Å². The lowest BCUT2D eigenvalue weighted by Crippen LogP contribution is -2.48. The van der Waals surface area contributed by atoms with Gasteiger partial charge in [-0.3, -0.25) is 4.79 Å². The smallest absolute Gasteiger partial charge is 0.249 e. The number of amides is 1. The molecule has 1 heterocycles. The fraction of sp³-hybridized carbons (Fsp3) is 0.533. The Kier molecular flexibility index (Phi) is 3.33. The largest absolute Gasteiger partial charge is 0.368 e. The molecule has 1 N–H and O–H groups in total. The van der Waals surface area contributed by atoms with Crippen molar-refractivity contribution in [3.05, 3.63) is 35.9 Å². The first-order chi connectivity index (χ1) is 8.83. The van der Waals surface area contributed by atoms with Crippen molar-refractivity contribution in [3.63, 3.8) is 0 Å². The molecule has 0 spiro atoms. The van der Waals surface area contributed by atoms with Crippen LogP contribution in [-0.4, -0.2) is 24.7 Å². The molecule has 1 saturated heterocycles. The summed E-state index contributed by atoms with van der Waals surface area (Å²) in [5.41, 5.74) is 1.30. The van der Waals surface area contributed by atoms with E-state index in [1.165, 1.54) is 18.4 Å². The first-order valence-electron chi connectivity index (χ1n) is 6.79. The maximum absolute atomic E-state index is 11.9. The zero-order chi connectivity index (χ0) is 12.4. The predicted octanol–water partition coefficient (Wildman–Crippen LogP) is 1.91. The van der Waals surface area contributed by atoms with Gasteiger partial charge in [-0.2, -0.15) is 0 Å². The van der Waals surface area contributed by atoms with Crippen molar-refractivity contribution in [1.82, 2.24) is 5.32 Å². The second-order valence-corrected chi connectivity index (χ2v) is 5.29. The van der Waals surface area contributed by atoms with Crippen LogP contribution in [0.1, 0.15) is 24.8 Å².